The van der Waals surface area contributed by atoms with E-state index in [1.54, 1.807) is 7.11 Å². The molecule has 2 aliphatic rings. The molecule has 152 valence electrons. The highest BCUT2D eigenvalue weighted by Crippen LogP contribution is 2.35. The molecule has 1 N–H and O–H groups in total. The van der Waals surface area contributed by atoms with Crippen molar-refractivity contribution in [1.29, 1.82) is 0 Å². The Balaban J connectivity index is 1.36. The third-order valence-corrected chi connectivity index (χ3v) is 6.28. The second-order valence-corrected chi connectivity index (χ2v) is 8.50. The van der Waals surface area contributed by atoms with Crippen molar-refractivity contribution in [1.82, 2.24) is 25.1 Å². The Bertz CT molecular complexity index is 762. The first-order chi connectivity index (χ1) is 13.7. The van der Waals surface area contributed by atoms with E-state index in [9.17, 15) is 0 Å². The average Bonchev–Trinajstić information content (AvgIpc) is 3.46. The van der Waals surface area contributed by atoms with Crippen LogP contribution in [-0.4, -0.2) is 46.1 Å². The van der Waals surface area contributed by atoms with Gasteiger partial charge in [0.15, 0.2) is 0 Å². The summed E-state index contributed by atoms with van der Waals surface area (Å²) in [6.45, 7) is 1.74. The van der Waals surface area contributed by atoms with Crippen LogP contribution in [0.1, 0.15) is 50.0 Å². The summed E-state index contributed by atoms with van der Waals surface area (Å²) in [5.41, 5.74) is 3.53. The molecule has 0 atom stereocenters. The van der Waals surface area contributed by atoms with E-state index in [1.807, 2.05) is 30.2 Å². The van der Waals surface area contributed by atoms with Gasteiger partial charge >= 0.3 is 0 Å². The number of aryl methyl sites for hydroxylation is 1. The summed E-state index contributed by atoms with van der Waals surface area (Å²) >= 11 is 0. The smallest absolute Gasteiger partial charge is 0.129 e. The van der Waals surface area contributed by atoms with E-state index in [-0.39, 0.29) is 0 Å². The van der Waals surface area contributed by atoms with Crippen LogP contribution in [0.15, 0.2) is 18.5 Å². The topological polar surface area (TPSA) is 64.9 Å². The fraction of sp³-hybridized carbons (Fsp3) is 0.682. The maximum Gasteiger partial charge on any atom is 0.129 e. The lowest BCUT2D eigenvalue weighted by atomic mass is 9.84. The fourth-order valence-corrected chi connectivity index (χ4v) is 4.36. The van der Waals surface area contributed by atoms with Gasteiger partial charge in [0.2, 0.25) is 0 Å². The van der Waals surface area contributed by atoms with E-state index in [1.165, 1.54) is 49.8 Å². The van der Waals surface area contributed by atoms with Crippen LogP contribution < -0.4 is 5.32 Å². The molecule has 0 amide bonds. The Hall–Kier alpha value is -1.79. The Morgan fingerprint density at radius 3 is 2.61 bits per heavy atom. The predicted octanol–water partition coefficient (Wildman–Crippen LogP) is 3.17. The minimum absolute atomic E-state index is 0.638. The van der Waals surface area contributed by atoms with E-state index in [0.717, 1.165) is 43.4 Å². The molecule has 6 heteroatoms. The minimum atomic E-state index is 0.638. The first-order valence-corrected chi connectivity index (χ1v) is 10.8. The number of hydrogen-bond donors (Lipinski definition) is 1. The largest absolute Gasteiger partial charge is 0.383 e. The van der Waals surface area contributed by atoms with Crippen LogP contribution in [0, 0.1) is 11.8 Å². The van der Waals surface area contributed by atoms with Crippen LogP contribution >= 0.6 is 0 Å². The molecule has 2 heterocycles. The summed E-state index contributed by atoms with van der Waals surface area (Å²) < 4.78 is 7.15. The quantitative estimate of drug-likeness (QED) is 0.674. The number of methoxy groups -OCH3 is 1. The number of nitrogens with one attached hydrogen (secondary N) is 1. The van der Waals surface area contributed by atoms with E-state index in [4.69, 9.17) is 9.72 Å². The first kappa shape index (κ1) is 19.5. The van der Waals surface area contributed by atoms with Gasteiger partial charge in [-0.25, -0.2) is 9.97 Å². The normalized spacial score (nSPS) is 22.5. The van der Waals surface area contributed by atoms with Gasteiger partial charge < -0.3 is 10.1 Å². The number of rotatable bonds is 9. The molecular weight excluding hydrogens is 350 g/mol. The molecule has 4 rings (SSSR count). The highest BCUT2D eigenvalue weighted by Gasteiger charge is 2.26. The van der Waals surface area contributed by atoms with Crippen molar-refractivity contribution < 1.29 is 4.74 Å². The molecule has 2 aliphatic carbocycles. The average molecular weight is 384 g/mol. The lowest BCUT2D eigenvalue weighted by Crippen LogP contribution is -2.35. The van der Waals surface area contributed by atoms with Crippen molar-refractivity contribution in [2.45, 2.75) is 57.4 Å². The maximum absolute atomic E-state index is 5.13. The molecule has 2 aromatic rings. The molecule has 2 fully saturated rings. The molecule has 2 saturated carbocycles. The first-order valence-electron chi connectivity index (χ1n) is 10.8. The number of ether oxygens (including phenoxy) is 1. The Morgan fingerprint density at radius 1 is 1.11 bits per heavy atom. The SMILES string of the molecule is COCCNC1CCC(Cc2nccc(-c3cnn(C)c3CC3CC3)n2)CC1. The fourth-order valence-electron chi connectivity index (χ4n) is 4.36. The zero-order valence-electron chi connectivity index (χ0n) is 17.2. The molecule has 0 spiro atoms. The molecule has 0 radical (unpaired) electrons. The van der Waals surface area contributed by atoms with Gasteiger partial charge in [0.05, 0.1) is 18.5 Å². The van der Waals surface area contributed by atoms with Gasteiger partial charge in [-0.2, -0.15) is 5.10 Å². The summed E-state index contributed by atoms with van der Waals surface area (Å²) in [4.78, 5) is 9.50. The second kappa shape index (κ2) is 9.14. The van der Waals surface area contributed by atoms with E-state index in [2.05, 4.69) is 15.4 Å². The Kier molecular flexibility index (Phi) is 6.37. The Labute approximate surface area is 168 Å². The van der Waals surface area contributed by atoms with Crippen molar-refractivity contribution in [3.8, 4) is 11.3 Å². The number of nitrogens with zero attached hydrogens (tertiary/aromatic N) is 4. The maximum atomic E-state index is 5.13. The van der Waals surface area contributed by atoms with Gasteiger partial charge in [-0.1, -0.05) is 0 Å². The van der Waals surface area contributed by atoms with Crippen LogP contribution in [-0.2, 0) is 24.6 Å². The summed E-state index contributed by atoms with van der Waals surface area (Å²) in [5.74, 6) is 2.51. The van der Waals surface area contributed by atoms with Gasteiger partial charge in [-0.15, -0.1) is 0 Å². The van der Waals surface area contributed by atoms with Crippen molar-refractivity contribution in [3.63, 3.8) is 0 Å². The molecule has 0 saturated heterocycles. The highest BCUT2D eigenvalue weighted by molar-refractivity contribution is 5.61. The van der Waals surface area contributed by atoms with Crippen LogP contribution in [0.3, 0.4) is 0 Å². The molecule has 6 nitrogen and oxygen atoms in total. The summed E-state index contributed by atoms with van der Waals surface area (Å²) in [6.07, 6.45) is 13.7. The van der Waals surface area contributed by atoms with Crippen molar-refractivity contribution in [2.75, 3.05) is 20.3 Å². The van der Waals surface area contributed by atoms with Gasteiger partial charge in [0.25, 0.3) is 0 Å². The predicted molar refractivity (Wildman–Crippen MR) is 110 cm³/mol. The lowest BCUT2D eigenvalue weighted by molar-refractivity contribution is 0.188. The third kappa shape index (κ3) is 4.97. The van der Waals surface area contributed by atoms with Gasteiger partial charge in [0.1, 0.15) is 5.82 Å². The monoisotopic (exact) mass is 383 g/mol. The van der Waals surface area contributed by atoms with Gasteiger partial charge in [0, 0.05) is 50.6 Å². The lowest BCUT2D eigenvalue weighted by Gasteiger charge is -2.28. The zero-order valence-corrected chi connectivity index (χ0v) is 17.2. The van der Waals surface area contributed by atoms with Crippen LogP contribution in [0.5, 0.6) is 0 Å². The number of hydrogen-bond acceptors (Lipinski definition) is 5. The highest BCUT2D eigenvalue weighted by atomic mass is 16.5. The molecular formula is C22H33N5O. The van der Waals surface area contributed by atoms with E-state index < -0.39 is 0 Å². The molecule has 28 heavy (non-hydrogen) atoms. The van der Waals surface area contributed by atoms with E-state index in [0.29, 0.717) is 12.0 Å². The van der Waals surface area contributed by atoms with E-state index >= 15 is 0 Å². The molecule has 0 unspecified atom stereocenters. The van der Waals surface area contributed by atoms with Crippen molar-refractivity contribution in [2.24, 2.45) is 18.9 Å². The zero-order chi connectivity index (χ0) is 19.3. The van der Waals surface area contributed by atoms with Gasteiger partial charge in [-0.05, 0) is 62.8 Å². The molecule has 2 aromatic heterocycles. The molecule has 0 aromatic carbocycles. The van der Waals surface area contributed by atoms with Crippen molar-refractivity contribution >= 4 is 0 Å². The van der Waals surface area contributed by atoms with Crippen molar-refractivity contribution in [3.05, 3.63) is 30.0 Å². The minimum Gasteiger partial charge on any atom is -0.383 e. The number of aromatic nitrogens is 4. The standard InChI is InChI=1S/C22H33N5O/c1-27-21(13-16-3-4-16)19(15-25-27)20-9-10-24-22(26-20)14-17-5-7-18(8-6-17)23-11-12-28-2/h9-10,15-18,23H,3-8,11-14H2,1-2H3. The van der Waals surface area contributed by atoms with Crippen LogP contribution in [0.4, 0.5) is 0 Å². The second-order valence-electron chi connectivity index (χ2n) is 8.50. The molecule has 0 bridgehead atoms. The summed E-state index contributed by atoms with van der Waals surface area (Å²) in [6, 6.07) is 2.67. The van der Waals surface area contributed by atoms with Crippen LogP contribution in [0.2, 0.25) is 0 Å². The summed E-state index contributed by atoms with van der Waals surface area (Å²) in [7, 11) is 3.80. The van der Waals surface area contributed by atoms with Gasteiger partial charge in [-0.3, -0.25) is 4.68 Å². The van der Waals surface area contributed by atoms with Crippen LogP contribution in [0.25, 0.3) is 11.3 Å². The Morgan fingerprint density at radius 2 is 1.86 bits per heavy atom. The third-order valence-electron chi connectivity index (χ3n) is 6.28. The summed E-state index contributed by atoms with van der Waals surface area (Å²) in [5, 5.41) is 8.10. The molecule has 0 aliphatic heterocycles.